The van der Waals surface area contributed by atoms with E-state index < -0.39 is 0 Å². The summed E-state index contributed by atoms with van der Waals surface area (Å²) in [5.41, 5.74) is 0. The van der Waals surface area contributed by atoms with E-state index in [-0.39, 0.29) is 12.1 Å². The Labute approximate surface area is 96.0 Å². The Kier molecular flexibility index (Phi) is 4.31. The molecule has 0 bridgehead atoms. The molecule has 1 heterocycles. The van der Waals surface area contributed by atoms with E-state index >= 15 is 0 Å². The number of ether oxygens (including phenoxy) is 1. The van der Waals surface area contributed by atoms with Gasteiger partial charge in [0.2, 0.25) is 0 Å². The first kappa shape index (κ1) is 11.7. The molecule has 1 saturated heterocycles. The van der Waals surface area contributed by atoms with E-state index in [1.54, 1.807) is 0 Å². The molecule has 0 aromatic rings. The van der Waals surface area contributed by atoms with Crippen molar-refractivity contribution in [2.24, 2.45) is 0 Å². The quantitative estimate of drug-likeness (QED) is 0.758. The number of aliphatic hydroxyl groups is 1. The zero-order valence-corrected chi connectivity index (χ0v) is 10.1. The third-order valence-corrected chi connectivity index (χ3v) is 4.64. The minimum atomic E-state index is -0.308. The molecule has 1 aliphatic heterocycles. The van der Waals surface area contributed by atoms with E-state index in [0.717, 1.165) is 5.25 Å². The van der Waals surface area contributed by atoms with Gasteiger partial charge in [-0.15, -0.1) is 0 Å². The summed E-state index contributed by atoms with van der Waals surface area (Å²) < 4.78 is 5.26. The molecule has 0 spiro atoms. The molecule has 0 aromatic heterocycles. The van der Waals surface area contributed by atoms with Gasteiger partial charge in [0, 0.05) is 11.3 Å². The molecule has 0 radical (unpaired) electrons. The van der Waals surface area contributed by atoms with Crippen molar-refractivity contribution in [2.45, 2.75) is 49.6 Å². The fraction of sp³-hybridized carbons (Fsp3) is 1.00. The number of hydrogen-bond donors (Lipinski definition) is 2. The van der Waals surface area contributed by atoms with E-state index in [0.29, 0.717) is 19.3 Å². The van der Waals surface area contributed by atoms with Crippen LogP contribution in [0.5, 0.6) is 0 Å². The summed E-state index contributed by atoms with van der Waals surface area (Å²) in [7, 11) is 0. The summed E-state index contributed by atoms with van der Waals surface area (Å²) in [5, 5.41) is 14.0. The van der Waals surface area contributed by atoms with Gasteiger partial charge in [0.25, 0.3) is 0 Å². The van der Waals surface area contributed by atoms with Gasteiger partial charge in [-0.25, -0.2) is 0 Å². The molecule has 88 valence electrons. The maximum atomic E-state index is 9.67. The number of aliphatic hydroxyl groups excluding tert-OH is 1. The largest absolute Gasteiger partial charge is 0.389 e. The molecule has 0 amide bonds. The lowest BCUT2D eigenvalue weighted by Crippen LogP contribution is -2.47. The summed E-state index contributed by atoms with van der Waals surface area (Å²) in [6.45, 7) is 3.38. The maximum Gasteiger partial charge on any atom is 0.0948 e. The van der Waals surface area contributed by atoms with Crippen LogP contribution >= 0.6 is 11.8 Å². The number of thioether (sulfide) groups is 1. The first-order valence-electron chi connectivity index (χ1n) is 5.94. The van der Waals surface area contributed by atoms with Crippen molar-refractivity contribution in [2.75, 3.05) is 19.0 Å². The molecule has 2 N–H and O–H groups in total. The van der Waals surface area contributed by atoms with Crippen LogP contribution in [0.1, 0.15) is 26.2 Å². The van der Waals surface area contributed by atoms with Gasteiger partial charge in [-0.3, -0.25) is 0 Å². The Morgan fingerprint density at radius 3 is 2.87 bits per heavy atom. The first-order chi connectivity index (χ1) is 7.31. The molecule has 1 saturated carbocycles. The van der Waals surface area contributed by atoms with Gasteiger partial charge in [-0.1, -0.05) is 13.3 Å². The lowest BCUT2D eigenvalue weighted by Gasteiger charge is -2.25. The van der Waals surface area contributed by atoms with E-state index in [1.807, 2.05) is 11.8 Å². The van der Waals surface area contributed by atoms with Gasteiger partial charge >= 0.3 is 0 Å². The molecule has 2 rings (SSSR count). The second kappa shape index (κ2) is 5.53. The molecule has 1 aliphatic carbocycles. The third kappa shape index (κ3) is 2.87. The molecule has 3 nitrogen and oxygen atoms in total. The van der Waals surface area contributed by atoms with Crippen molar-refractivity contribution in [3.05, 3.63) is 0 Å². The van der Waals surface area contributed by atoms with Gasteiger partial charge in [0.05, 0.1) is 25.4 Å². The standard InChI is InChI=1S/C11H21NO2S/c1-2-15-11-5-3-4-8(11)12-9-6-14-7-10(9)13/h8-13H,2-7H2,1H3. The molecular weight excluding hydrogens is 210 g/mol. The minimum absolute atomic E-state index is 0.160. The Balaban J connectivity index is 1.82. The lowest BCUT2D eigenvalue weighted by atomic mass is 10.1. The predicted molar refractivity (Wildman–Crippen MR) is 63.3 cm³/mol. The van der Waals surface area contributed by atoms with Crippen molar-refractivity contribution < 1.29 is 9.84 Å². The van der Waals surface area contributed by atoms with Gasteiger partial charge in [-0.05, 0) is 18.6 Å². The van der Waals surface area contributed by atoms with E-state index in [4.69, 9.17) is 4.74 Å². The van der Waals surface area contributed by atoms with E-state index in [2.05, 4.69) is 12.2 Å². The molecule has 4 atom stereocenters. The highest BCUT2D eigenvalue weighted by Crippen LogP contribution is 2.30. The van der Waals surface area contributed by atoms with Crippen LogP contribution in [0, 0.1) is 0 Å². The van der Waals surface area contributed by atoms with Crippen molar-refractivity contribution >= 4 is 11.8 Å². The average molecular weight is 231 g/mol. The SMILES string of the molecule is CCSC1CCCC1NC1COCC1O. The Hall–Kier alpha value is 0.230. The second-order valence-electron chi connectivity index (χ2n) is 4.41. The Morgan fingerprint density at radius 2 is 2.20 bits per heavy atom. The topological polar surface area (TPSA) is 41.5 Å². The number of hydrogen-bond acceptors (Lipinski definition) is 4. The summed E-state index contributed by atoms with van der Waals surface area (Å²) in [6.07, 6.45) is 3.58. The molecule has 2 fully saturated rings. The molecule has 2 aliphatic rings. The Morgan fingerprint density at radius 1 is 1.33 bits per heavy atom. The first-order valence-corrected chi connectivity index (χ1v) is 6.99. The highest BCUT2D eigenvalue weighted by atomic mass is 32.2. The smallest absolute Gasteiger partial charge is 0.0948 e. The average Bonchev–Trinajstić information content (AvgIpc) is 2.80. The number of rotatable bonds is 4. The van der Waals surface area contributed by atoms with Crippen molar-refractivity contribution in [3.63, 3.8) is 0 Å². The lowest BCUT2D eigenvalue weighted by molar-refractivity contribution is 0.121. The van der Waals surface area contributed by atoms with Crippen molar-refractivity contribution in [3.8, 4) is 0 Å². The highest BCUT2D eigenvalue weighted by Gasteiger charge is 2.33. The van der Waals surface area contributed by atoms with Gasteiger partial charge in [-0.2, -0.15) is 11.8 Å². The summed E-state index contributed by atoms with van der Waals surface area (Å²) in [4.78, 5) is 0. The summed E-state index contributed by atoms with van der Waals surface area (Å²) >= 11 is 2.05. The van der Waals surface area contributed by atoms with Crippen molar-refractivity contribution in [1.29, 1.82) is 0 Å². The van der Waals surface area contributed by atoms with Gasteiger partial charge in [0.15, 0.2) is 0 Å². The number of nitrogens with one attached hydrogen (secondary N) is 1. The predicted octanol–water partition coefficient (Wildman–Crippen LogP) is 1.01. The van der Waals surface area contributed by atoms with Crippen LogP contribution in [0.4, 0.5) is 0 Å². The van der Waals surface area contributed by atoms with Crippen LogP contribution in [0.15, 0.2) is 0 Å². The minimum Gasteiger partial charge on any atom is -0.389 e. The molecule has 0 aromatic carbocycles. The second-order valence-corrected chi connectivity index (χ2v) is 5.93. The fourth-order valence-electron chi connectivity index (χ4n) is 2.51. The van der Waals surface area contributed by atoms with Crippen LogP contribution in [0.3, 0.4) is 0 Å². The van der Waals surface area contributed by atoms with Gasteiger partial charge < -0.3 is 15.2 Å². The zero-order valence-electron chi connectivity index (χ0n) is 9.32. The van der Waals surface area contributed by atoms with Crippen molar-refractivity contribution in [1.82, 2.24) is 5.32 Å². The highest BCUT2D eigenvalue weighted by molar-refractivity contribution is 7.99. The van der Waals surface area contributed by atoms with Crippen LogP contribution in [0.2, 0.25) is 0 Å². The fourth-order valence-corrected chi connectivity index (χ4v) is 3.72. The molecular formula is C11H21NO2S. The van der Waals surface area contributed by atoms with Crippen LogP contribution in [-0.2, 0) is 4.74 Å². The molecule has 4 heteroatoms. The monoisotopic (exact) mass is 231 g/mol. The summed E-state index contributed by atoms with van der Waals surface area (Å²) in [5.74, 6) is 1.19. The molecule has 4 unspecified atom stereocenters. The van der Waals surface area contributed by atoms with E-state index in [9.17, 15) is 5.11 Å². The maximum absolute atomic E-state index is 9.67. The molecule has 15 heavy (non-hydrogen) atoms. The van der Waals surface area contributed by atoms with E-state index in [1.165, 1.54) is 25.0 Å². The van der Waals surface area contributed by atoms with Crippen LogP contribution in [0.25, 0.3) is 0 Å². The normalized spacial score (nSPS) is 41.2. The van der Waals surface area contributed by atoms with Crippen LogP contribution < -0.4 is 5.32 Å². The zero-order chi connectivity index (χ0) is 10.7. The third-order valence-electron chi connectivity index (χ3n) is 3.31. The van der Waals surface area contributed by atoms with Gasteiger partial charge in [0.1, 0.15) is 0 Å². The van der Waals surface area contributed by atoms with Crippen LogP contribution in [-0.4, -0.2) is 47.5 Å². The Bertz CT molecular complexity index is 203. The summed E-state index contributed by atoms with van der Waals surface area (Å²) in [6, 6.07) is 0.740.